The average molecular weight is 347 g/mol. The smallest absolute Gasteiger partial charge is 0.322 e. The maximum atomic E-state index is 12.6. The summed E-state index contributed by atoms with van der Waals surface area (Å²) in [6, 6.07) is 7.14. The summed E-state index contributed by atoms with van der Waals surface area (Å²) in [5, 5.41) is 12.7. The molecule has 3 rings (SSSR count). The monoisotopic (exact) mass is 347 g/mol. The van der Waals surface area contributed by atoms with Crippen molar-refractivity contribution in [1.29, 1.82) is 0 Å². The van der Waals surface area contributed by atoms with Gasteiger partial charge >= 0.3 is 6.03 Å². The minimum Gasteiger partial charge on any atom is -0.394 e. The minimum atomic E-state index is -0.274. The van der Waals surface area contributed by atoms with Crippen molar-refractivity contribution in [3.63, 3.8) is 0 Å². The number of methoxy groups -OCH3 is 1. The van der Waals surface area contributed by atoms with Gasteiger partial charge in [0.25, 0.3) is 0 Å². The molecule has 136 valence electrons. The first-order valence-electron chi connectivity index (χ1n) is 8.57. The van der Waals surface area contributed by atoms with Gasteiger partial charge in [-0.25, -0.2) is 4.79 Å². The Labute approximate surface area is 147 Å². The number of amides is 3. The van der Waals surface area contributed by atoms with Crippen molar-refractivity contribution in [3.05, 3.63) is 29.8 Å². The zero-order valence-electron chi connectivity index (χ0n) is 14.8. The van der Waals surface area contributed by atoms with Gasteiger partial charge < -0.3 is 20.1 Å². The summed E-state index contributed by atoms with van der Waals surface area (Å²) in [4.78, 5) is 28.4. The first kappa shape index (κ1) is 17.7. The van der Waals surface area contributed by atoms with Crippen molar-refractivity contribution < 1.29 is 19.4 Å². The van der Waals surface area contributed by atoms with E-state index < -0.39 is 0 Å². The van der Waals surface area contributed by atoms with E-state index in [9.17, 15) is 14.7 Å². The van der Waals surface area contributed by atoms with Gasteiger partial charge in [0.1, 0.15) is 6.61 Å². The highest BCUT2D eigenvalue weighted by Gasteiger charge is 2.55. The number of aliphatic hydroxyl groups is 1. The van der Waals surface area contributed by atoms with Gasteiger partial charge in [-0.1, -0.05) is 18.2 Å². The number of nitrogens with one attached hydrogen (secondary N) is 1. The van der Waals surface area contributed by atoms with Crippen LogP contribution >= 0.6 is 0 Å². The lowest BCUT2D eigenvalue weighted by atomic mass is 9.72. The van der Waals surface area contributed by atoms with E-state index in [2.05, 4.69) is 5.32 Å². The van der Waals surface area contributed by atoms with Crippen LogP contribution in [-0.4, -0.2) is 66.9 Å². The van der Waals surface area contributed by atoms with Gasteiger partial charge in [0, 0.05) is 31.3 Å². The third-order valence-corrected chi connectivity index (χ3v) is 4.90. The molecule has 1 fully saturated rings. The fraction of sp³-hybridized carbons (Fsp3) is 0.556. The maximum Gasteiger partial charge on any atom is 0.322 e. The van der Waals surface area contributed by atoms with Crippen LogP contribution in [0.5, 0.6) is 0 Å². The molecule has 0 unspecified atom stereocenters. The molecule has 2 heterocycles. The van der Waals surface area contributed by atoms with Crippen LogP contribution in [0.25, 0.3) is 0 Å². The molecule has 2 aliphatic heterocycles. The van der Waals surface area contributed by atoms with E-state index in [4.69, 9.17) is 4.74 Å². The molecule has 0 saturated carbocycles. The highest BCUT2D eigenvalue weighted by Crippen LogP contribution is 2.48. The Kier molecular flexibility index (Phi) is 4.96. The molecule has 7 heteroatoms. The fourth-order valence-electron chi connectivity index (χ4n) is 3.95. The second-order valence-electron chi connectivity index (χ2n) is 6.85. The van der Waals surface area contributed by atoms with E-state index in [1.807, 2.05) is 38.1 Å². The molecule has 0 spiro atoms. The van der Waals surface area contributed by atoms with Crippen LogP contribution in [0, 0.1) is 0 Å². The number of likely N-dealkylation sites (tertiary alicyclic amines) is 1. The van der Waals surface area contributed by atoms with Gasteiger partial charge in [-0.05, 0) is 25.5 Å². The van der Waals surface area contributed by atoms with Gasteiger partial charge in [-0.2, -0.15) is 0 Å². The molecule has 3 atom stereocenters. The van der Waals surface area contributed by atoms with Crippen LogP contribution < -0.4 is 10.2 Å². The van der Waals surface area contributed by atoms with E-state index in [-0.39, 0.29) is 49.2 Å². The van der Waals surface area contributed by atoms with Crippen molar-refractivity contribution in [2.24, 2.45) is 0 Å². The van der Waals surface area contributed by atoms with Gasteiger partial charge in [0.05, 0.1) is 18.7 Å². The lowest BCUT2D eigenvalue weighted by Gasteiger charge is -2.58. The summed E-state index contributed by atoms with van der Waals surface area (Å²) in [5.41, 5.74) is 1.84. The Morgan fingerprint density at radius 1 is 1.36 bits per heavy atom. The molecule has 0 aromatic heterocycles. The van der Waals surface area contributed by atoms with Crippen LogP contribution in [-0.2, 0) is 9.53 Å². The summed E-state index contributed by atoms with van der Waals surface area (Å²) < 4.78 is 4.96. The second-order valence-corrected chi connectivity index (χ2v) is 6.85. The van der Waals surface area contributed by atoms with E-state index in [0.717, 1.165) is 11.3 Å². The summed E-state index contributed by atoms with van der Waals surface area (Å²) >= 11 is 0. The SMILES string of the molecule is COCC(=O)N1[C@H](CO)[C@H]2c3ccccc3N(C(=O)NC(C)C)C[C@H]21. The van der Waals surface area contributed by atoms with Crippen LogP contribution in [0.2, 0.25) is 0 Å². The van der Waals surface area contributed by atoms with Crippen LogP contribution in [0.15, 0.2) is 24.3 Å². The molecule has 7 nitrogen and oxygen atoms in total. The van der Waals surface area contributed by atoms with Gasteiger partial charge in [-0.15, -0.1) is 0 Å². The Morgan fingerprint density at radius 2 is 2.08 bits per heavy atom. The predicted octanol–water partition coefficient (Wildman–Crippen LogP) is 0.926. The molecule has 2 N–H and O–H groups in total. The number of rotatable bonds is 4. The highest BCUT2D eigenvalue weighted by molar-refractivity contribution is 5.94. The van der Waals surface area contributed by atoms with Crippen molar-refractivity contribution >= 4 is 17.6 Å². The number of nitrogens with zero attached hydrogens (tertiary/aromatic N) is 2. The molecular formula is C18H25N3O4. The van der Waals surface area contributed by atoms with Gasteiger partial charge in [-0.3, -0.25) is 9.69 Å². The standard InChI is InChI=1S/C18H25N3O4/c1-11(2)19-18(24)20-8-14-17(12-6-4-5-7-13(12)20)15(9-22)21(14)16(23)10-25-3/h4-7,11,14-15,17,22H,8-10H2,1-3H3,(H,19,24)/t14-,15-,17+/m1/s1. The summed E-state index contributed by atoms with van der Waals surface area (Å²) in [6.45, 7) is 4.10. The van der Waals surface area contributed by atoms with E-state index in [1.165, 1.54) is 7.11 Å². The number of fused-ring (bicyclic) bond motifs is 3. The predicted molar refractivity (Wildman–Crippen MR) is 93.6 cm³/mol. The topological polar surface area (TPSA) is 82.1 Å². The molecule has 1 aromatic carbocycles. The van der Waals surface area contributed by atoms with Crippen LogP contribution in [0.4, 0.5) is 10.5 Å². The van der Waals surface area contributed by atoms with Gasteiger partial charge in [0.2, 0.25) is 5.91 Å². The number of carbonyl (C=O) groups excluding carboxylic acids is 2. The van der Waals surface area contributed by atoms with Gasteiger partial charge in [0.15, 0.2) is 0 Å². The van der Waals surface area contributed by atoms with Crippen LogP contribution in [0.1, 0.15) is 25.3 Å². The number of ether oxygens (including phenoxy) is 1. The Balaban J connectivity index is 1.94. The summed E-state index contributed by atoms with van der Waals surface area (Å²) in [5.74, 6) is -0.128. The number of aliphatic hydroxyl groups excluding tert-OH is 1. The lowest BCUT2D eigenvalue weighted by molar-refractivity contribution is -0.154. The number of anilines is 1. The molecule has 3 amide bonds. The normalized spacial score (nSPS) is 24.4. The molecule has 2 aliphatic rings. The summed E-state index contributed by atoms with van der Waals surface area (Å²) in [7, 11) is 1.47. The largest absolute Gasteiger partial charge is 0.394 e. The Morgan fingerprint density at radius 3 is 2.72 bits per heavy atom. The van der Waals surface area contributed by atoms with E-state index in [0.29, 0.717) is 6.54 Å². The highest BCUT2D eigenvalue weighted by atomic mass is 16.5. The van der Waals surface area contributed by atoms with Crippen LogP contribution in [0.3, 0.4) is 0 Å². The molecule has 1 aromatic rings. The lowest BCUT2D eigenvalue weighted by Crippen LogP contribution is -2.71. The number of hydrogen-bond donors (Lipinski definition) is 2. The molecule has 0 radical (unpaired) electrons. The maximum absolute atomic E-state index is 12.6. The third-order valence-electron chi connectivity index (χ3n) is 4.90. The quantitative estimate of drug-likeness (QED) is 0.849. The Bertz CT molecular complexity index is 663. The fourth-order valence-corrected chi connectivity index (χ4v) is 3.95. The number of carbonyl (C=O) groups is 2. The number of benzene rings is 1. The van der Waals surface area contributed by atoms with E-state index in [1.54, 1.807) is 9.80 Å². The van der Waals surface area contributed by atoms with Crippen molar-refractivity contribution in [2.45, 2.75) is 37.9 Å². The van der Waals surface area contributed by atoms with E-state index >= 15 is 0 Å². The number of para-hydroxylation sites is 1. The molecule has 0 aliphatic carbocycles. The van der Waals surface area contributed by atoms with Crippen molar-refractivity contribution in [1.82, 2.24) is 10.2 Å². The number of hydrogen-bond acceptors (Lipinski definition) is 4. The molecule has 0 bridgehead atoms. The minimum absolute atomic E-state index is 0.0233. The van der Waals surface area contributed by atoms with Crippen molar-refractivity contribution in [3.8, 4) is 0 Å². The zero-order chi connectivity index (χ0) is 18.1. The van der Waals surface area contributed by atoms with Crippen molar-refractivity contribution in [2.75, 3.05) is 31.8 Å². The molecule has 1 saturated heterocycles. The molecule has 25 heavy (non-hydrogen) atoms. The summed E-state index contributed by atoms with van der Waals surface area (Å²) in [6.07, 6.45) is 0. The average Bonchev–Trinajstić information content (AvgIpc) is 2.54. The molecular weight excluding hydrogens is 322 g/mol. The first-order chi connectivity index (χ1) is 12.0. The second kappa shape index (κ2) is 7.01. The third kappa shape index (κ3) is 2.98. The first-order valence-corrected chi connectivity index (χ1v) is 8.57. The Hall–Kier alpha value is -2.12. The number of urea groups is 1. The zero-order valence-corrected chi connectivity index (χ0v) is 14.8.